The number of methoxy groups -OCH3 is 1. The van der Waals surface area contributed by atoms with Gasteiger partial charge in [-0.15, -0.1) is 0 Å². The first kappa shape index (κ1) is 22.4. The molecule has 0 fully saturated rings. The molecule has 164 valence electrons. The summed E-state index contributed by atoms with van der Waals surface area (Å²) >= 11 is 0. The zero-order valence-corrected chi connectivity index (χ0v) is 19.0. The summed E-state index contributed by atoms with van der Waals surface area (Å²) in [5, 5.41) is 4.77. The standard InChI is InChI=1S/C25H31N3O3/c1-6-18(3)27(24(29)7-2)17-21-19(4)26-28(20-13-9-8-10-14-20)25(21)31-23-16-12-11-15-22(23)30-5/h8-16,18H,6-7,17H2,1-5H3. The second-order valence-corrected chi connectivity index (χ2v) is 7.50. The number of hydrogen-bond acceptors (Lipinski definition) is 4. The molecule has 6 heteroatoms. The van der Waals surface area contributed by atoms with Crippen LogP contribution in [0.4, 0.5) is 0 Å². The average Bonchev–Trinajstić information content (AvgIpc) is 3.12. The maximum Gasteiger partial charge on any atom is 0.228 e. The molecule has 1 aromatic heterocycles. The topological polar surface area (TPSA) is 56.6 Å². The van der Waals surface area contributed by atoms with Gasteiger partial charge < -0.3 is 14.4 Å². The number of hydrogen-bond donors (Lipinski definition) is 0. The molecule has 1 heterocycles. The number of benzene rings is 2. The Bertz CT molecular complexity index is 1010. The first-order chi connectivity index (χ1) is 15.0. The second kappa shape index (κ2) is 10.2. The Hall–Kier alpha value is -3.28. The normalized spacial score (nSPS) is 11.8. The highest BCUT2D eigenvalue weighted by atomic mass is 16.5. The molecule has 0 bridgehead atoms. The van der Waals surface area contributed by atoms with E-state index in [4.69, 9.17) is 14.6 Å². The van der Waals surface area contributed by atoms with Crippen LogP contribution in [0.1, 0.15) is 44.9 Å². The van der Waals surface area contributed by atoms with Crippen LogP contribution >= 0.6 is 0 Å². The first-order valence-electron chi connectivity index (χ1n) is 10.7. The van der Waals surface area contributed by atoms with Crippen LogP contribution in [0.3, 0.4) is 0 Å². The Morgan fingerprint density at radius 2 is 1.71 bits per heavy atom. The molecule has 3 aromatic rings. The van der Waals surface area contributed by atoms with Gasteiger partial charge in [-0.1, -0.05) is 44.2 Å². The molecular formula is C25H31N3O3. The molecule has 0 aliphatic carbocycles. The molecule has 0 saturated carbocycles. The zero-order chi connectivity index (χ0) is 22.4. The van der Waals surface area contributed by atoms with Crippen LogP contribution in [0.15, 0.2) is 54.6 Å². The van der Waals surface area contributed by atoms with Crippen molar-refractivity contribution in [1.82, 2.24) is 14.7 Å². The van der Waals surface area contributed by atoms with E-state index in [-0.39, 0.29) is 11.9 Å². The van der Waals surface area contributed by atoms with Gasteiger partial charge in [-0.3, -0.25) is 4.79 Å². The van der Waals surface area contributed by atoms with Gasteiger partial charge >= 0.3 is 0 Å². The van der Waals surface area contributed by atoms with Crippen LogP contribution in [0, 0.1) is 6.92 Å². The van der Waals surface area contributed by atoms with Gasteiger partial charge in [-0.05, 0) is 44.5 Å². The lowest BCUT2D eigenvalue weighted by atomic mass is 10.1. The van der Waals surface area contributed by atoms with E-state index in [0.717, 1.165) is 23.4 Å². The maximum atomic E-state index is 12.7. The van der Waals surface area contributed by atoms with E-state index >= 15 is 0 Å². The summed E-state index contributed by atoms with van der Waals surface area (Å²) in [6, 6.07) is 17.5. The van der Waals surface area contributed by atoms with Gasteiger partial charge in [0.05, 0.1) is 30.6 Å². The van der Waals surface area contributed by atoms with E-state index in [0.29, 0.717) is 30.3 Å². The van der Waals surface area contributed by atoms with E-state index in [1.54, 1.807) is 11.8 Å². The predicted octanol–water partition coefficient (Wildman–Crippen LogP) is 5.52. The SMILES string of the molecule is CCC(=O)N(Cc1c(C)nn(-c2ccccc2)c1Oc1ccccc1OC)C(C)CC. The third-order valence-electron chi connectivity index (χ3n) is 5.49. The number of amides is 1. The van der Waals surface area contributed by atoms with Gasteiger partial charge in [-0.2, -0.15) is 5.10 Å². The Balaban J connectivity index is 2.12. The van der Waals surface area contributed by atoms with Gasteiger partial charge in [0.25, 0.3) is 0 Å². The molecule has 0 N–H and O–H groups in total. The number of rotatable bonds is 9. The molecule has 1 amide bonds. The van der Waals surface area contributed by atoms with Gasteiger partial charge in [-0.25, -0.2) is 4.68 Å². The first-order valence-corrected chi connectivity index (χ1v) is 10.7. The van der Waals surface area contributed by atoms with Crippen molar-refractivity contribution in [3.63, 3.8) is 0 Å². The molecule has 0 radical (unpaired) electrons. The summed E-state index contributed by atoms with van der Waals surface area (Å²) in [6.07, 6.45) is 1.33. The number of aromatic nitrogens is 2. The van der Waals surface area contributed by atoms with Crippen LogP contribution in [-0.2, 0) is 11.3 Å². The molecule has 31 heavy (non-hydrogen) atoms. The van der Waals surface area contributed by atoms with Crippen molar-refractivity contribution < 1.29 is 14.3 Å². The zero-order valence-electron chi connectivity index (χ0n) is 19.0. The molecule has 1 atom stereocenters. The van der Waals surface area contributed by atoms with Crippen molar-refractivity contribution in [3.05, 3.63) is 65.9 Å². The molecule has 0 aliphatic heterocycles. The Labute approximate surface area is 184 Å². The van der Waals surface area contributed by atoms with Gasteiger partial charge in [0.1, 0.15) is 0 Å². The summed E-state index contributed by atoms with van der Waals surface area (Å²) in [5.41, 5.74) is 2.60. The van der Waals surface area contributed by atoms with E-state index in [1.165, 1.54) is 0 Å². The lowest BCUT2D eigenvalue weighted by molar-refractivity contribution is -0.133. The molecule has 1 unspecified atom stereocenters. The van der Waals surface area contributed by atoms with Crippen LogP contribution in [0.2, 0.25) is 0 Å². The van der Waals surface area contributed by atoms with Gasteiger partial charge in [0.15, 0.2) is 11.5 Å². The van der Waals surface area contributed by atoms with E-state index < -0.39 is 0 Å². The highest BCUT2D eigenvalue weighted by molar-refractivity contribution is 5.76. The highest BCUT2D eigenvalue weighted by Crippen LogP contribution is 2.36. The number of carbonyl (C=O) groups excluding carboxylic acids is 1. The quantitative estimate of drug-likeness (QED) is 0.457. The van der Waals surface area contributed by atoms with Gasteiger partial charge in [0.2, 0.25) is 11.8 Å². The smallest absolute Gasteiger partial charge is 0.228 e. The molecular weight excluding hydrogens is 390 g/mol. The maximum absolute atomic E-state index is 12.7. The van der Waals surface area contributed by atoms with Crippen molar-refractivity contribution in [2.45, 2.75) is 53.1 Å². The predicted molar refractivity (Wildman–Crippen MR) is 122 cm³/mol. The van der Waals surface area contributed by atoms with Crippen molar-refractivity contribution in [1.29, 1.82) is 0 Å². The minimum absolute atomic E-state index is 0.115. The van der Waals surface area contributed by atoms with Gasteiger partial charge in [0, 0.05) is 12.5 Å². The Morgan fingerprint density at radius 3 is 2.32 bits per heavy atom. The lowest BCUT2D eigenvalue weighted by Gasteiger charge is -2.28. The third kappa shape index (κ3) is 4.90. The van der Waals surface area contributed by atoms with Crippen molar-refractivity contribution in [3.8, 4) is 23.1 Å². The lowest BCUT2D eigenvalue weighted by Crippen LogP contribution is -2.37. The Morgan fingerprint density at radius 1 is 1.06 bits per heavy atom. The molecule has 0 spiro atoms. The number of ether oxygens (including phenoxy) is 2. The van der Waals surface area contributed by atoms with Crippen molar-refractivity contribution >= 4 is 5.91 Å². The fourth-order valence-corrected chi connectivity index (χ4v) is 3.46. The fourth-order valence-electron chi connectivity index (χ4n) is 3.46. The molecule has 0 aliphatic rings. The second-order valence-electron chi connectivity index (χ2n) is 7.50. The number of para-hydroxylation sites is 3. The number of aryl methyl sites for hydroxylation is 1. The van der Waals surface area contributed by atoms with Crippen LogP contribution in [0.5, 0.6) is 17.4 Å². The van der Waals surface area contributed by atoms with Crippen LogP contribution < -0.4 is 9.47 Å². The summed E-state index contributed by atoms with van der Waals surface area (Å²) in [5.74, 6) is 1.94. The molecule has 3 rings (SSSR count). The number of carbonyl (C=O) groups is 1. The summed E-state index contributed by atoms with van der Waals surface area (Å²) < 4.78 is 13.7. The monoisotopic (exact) mass is 421 g/mol. The summed E-state index contributed by atoms with van der Waals surface area (Å²) in [7, 11) is 1.62. The third-order valence-corrected chi connectivity index (χ3v) is 5.49. The molecule has 0 saturated heterocycles. The van der Waals surface area contributed by atoms with Crippen molar-refractivity contribution in [2.24, 2.45) is 0 Å². The number of nitrogens with zero attached hydrogens (tertiary/aromatic N) is 3. The van der Waals surface area contributed by atoms with Crippen LogP contribution in [-0.4, -0.2) is 33.7 Å². The van der Waals surface area contributed by atoms with Crippen LogP contribution in [0.25, 0.3) is 5.69 Å². The summed E-state index contributed by atoms with van der Waals surface area (Å²) in [4.78, 5) is 14.6. The minimum atomic E-state index is 0.115. The highest BCUT2D eigenvalue weighted by Gasteiger charge is 2.25. The Kier molecular flexibility index (Phi) is 7.34. The average molecular weight is 422 g/mol. The van der Waals surface area contributed by atoms with E-state index in [1.807, 2.05) is 73.3 Å². The minimum Gasteiger partial charge on any atom is -0.493 e. The molecule has 6 nitrogen and oxygen atoms in total. The van der Waals surface area contributed by atoms with Crippen molar-refractivity contribution in [2.75, 3.05) is 7.11 Å². The fraction of sp³-hybridized carbons (Fsp3) is 0.360. The molecule has 2 aromatic carbocycles. The largest absolute Gasteiger partial charge is 0.493 e. The summed E-state index contributed by atoms with van der Waals surface area (Å²) in [6.45, 7) is 8.45. The van der Waals surface area contributed by atoms with E-state index in [9.17, 15) is 4.79 Å². The van der Waals surface area contributed by atoms with E-state index in [2.05, 4.69) is 13.8 Å².